The molecule has 3 aromatic rings. The van der Waals surface area contributed by atoms with E-state index in [4.69, 9.17) is 11.6 Å². The fourth-order valence-electron chi connectivity index (χ4n) is 2.93. The number of carbonyl (C=O) groups excluding carboxylic acids is 2. The van der Waals surface area contributed by atoms with E-state index in [9.17, 15) is 14.0 Å². The number of nitrogens with one attached hydrogen (secondary N) is 1. The van der Waals surface area contributed by atoms with Crippen molar-refractivity contribution in [1.82, 2.24) is 19.8 Å². The van der Waals surface area contributed by atoms with E-state index in [2.05, 4.69) is 21.5 Å². The molecule has 1 N–H and O–H groups in total. The molecule has 1 aromatic heterocycles. The van der Waals surface area contributed by atoms with Crippen LogP contribution in [-0.2, 0) is 11.3 Å². The maximum Gasteiger partial charge on any atom is 0.276 e. The molecule has 2 aromatic carbocycles. The predicted octanol–water partition coefficient (Wildman–Crippen LogP) is 4.02. The summed E-state index contributed by atoms with van der Waals surface area (Å²) in [4.78, 5) is 27.4. The highest BCUT2D eigenvalue weighted by molar-refractivity contribution is 7.03. The molecule has 1 atom stereocenters. The van der Waals surface area contributed by atoms with E-state index in [-0.39, 0.29) is 29.4 Å². The lowest BCUT2D eigenvalue weighted by molar-refractivity contribution is -0.126. The molecule has 9 heteroatoms. The number of hydrogen-bond donors (Lipinski definition) is 1. The van der Waals surface area contributed by atoms with Gasteiger partial charge in [0.1, 0.15) is 11.9 Å². The van der Waals surface area contributed by atoms with Crippen LogP contribution in [0.25, 0.3) is 0 Å². The van der Waals surface area contributed by atoms with Gasteiger partial charge < -0.3 is 10.2 Å². The molecule has 0 fully saturated rings. The molecule has 0 saturated heterocycles. The van der Waals surface area contributed by atoms with Gasteiger partial charge in [-0.1, -0.05) is 58.6 Å². The molecule has 0 aliphatic heterocycles. The van der Waals surface area contributed by atoms with E-state index in [1.54, 1.807) is 0 Å². The summed E-state index contributed by atoms with van der Waals surface area (Å²) in [5.41, 5.74) is 0.813. The van der Waals surface area contributed by atoms with Gasteiger partial charge >= 0.3 is 0 Å². The molecule has 0 radical (unpaired) electrons. The first-order valence-corrected chi connectivity index (χ1v) is 10.2. The van der Waals surface area contributed by atoms with Crippen LogP contribution in [0, 0.1) is 5.82 Å². The molecule has 0 unspecified atom stereocenters. The van der Waals surface area contributed by atoms with Crippen LogP contribution in [0.15, 0.2) is 66.6 Å². The molecule has 0 spiro atoms. The quantitative estimate of drug-likeness (QED) is 0.532. The van der Waals surface area contributed by atoms with Gasteiger partial charge in [0.05, 0.1) is 0 Å². The average molecular weight is 445 g/mol. The van der Waals surface area contributed by atoms with Crippen molar-refractivity contribution in [3.05, 3.63) is 94.2 Å². The fraction of sp³-hybridized carbons (Fsp3) is 0.143. The monoisotopic (exact) mass is 444 g/mol. The van der Waals surface area contributed by atoms with E-state index < -0.39 is 23.7 Å². The summed E-state index contributed by atoms with van der Waals surface area (Å²) in [6.45, 7) is 3.83. The van der Waals surface area contributed by atoms with Crippen LogP contribution in [-0.4, -0.2) is 32.8 Å². The van der Waals surface area contributed by atoms with Crippen LogP contribution in [0.3, 0.4) is 0 Å². The van der Waals surface area contributed by atoms with E-state index in [1.807, 2.05) is 30.3 Å². The third-order valence-corrected chi connectivity index (χ3v) is 5.14. The van der Waals surface area contributed by atoms with Gasteiger partial charge in [-0.15, -0.1) is 11.7 Å². The molecule has 30 heavy (non-hydrogen) atoms. The van der Waals surface area contributed by atoms with E-state index in [0.29, 0.717) is 0 Å². The normalized spacial score (nSPS) is 11.5. The summed E-state index contributed by atoms with van der Waals surface area (Å²) in [6, 6.07) is 12.0. The second kappa shape index (κ2) is 10.1. The third kappa shape index (κ3) is 4.90. The van der Waals surface area contributed by atoms with Gasteiger partial charge in [0, 0.05) is 29.1 Å². The minimum Gasteiger partial charge on any atom is -0.350 e. The topological polar surface area (TPSA) is 75.2 Å². The Hall–Kier alpha value is -3.10. The maximum absolute atomic E-state index is 14.8. The molecule has 1 heterocycles. The second-order valence-electron chi connectivity index (χ2n) is 6.28. The Morgan fingerprint density at radius 1 is 1.23 bits per heavy atom. The second-order valence-corrected chi connectivity index (χ2v) is 7.29. The Bertz CT molecular complexity index is 1010. The van der Waals surface area contributed by atoms with Gasteiger partial charge in [-0.3, -0.25) is 9.59 Å². The number of aromatic nitrogens is 2. The zero-order valence-electron chi connectivity index (χ0n) is 15.8. The summed E-state index contributed by atoms with van der Waals surface area (Å²) in [5.74, 6) is -1.85. The zero-order valence-corrected chi connectivity index (χ0v) is 17.4. The first-order valence-electron chi connectivity index (χ1n) is 8.97. The van der Waals surface area contributed by atoms with Crippen LogP contribution in [0.2, 0.25) is 5.02 Å². The first kappa shape index (κ1) is 21.6. The van der Waals surface area contributed by atoms with E-state index >= 15 is 0 Å². The Labute approximate surface area is 182 Å². The summed E-state index contributed by atoms with van der Waals surface area (Å²) in [7, 11) is 0. The van der Waals surface area contributed by atoms with Crippen molar-refractivity contribution in [1.29, 1.82) is 0 Å². The summed E-state index contributed by atoms with van der Waals surface area (Å²) in [6.07, 6.45) is 1.45. The smallest absolute Gasteiger partial charge is 0.276 e. The number of rotatable bonds is 8. The Balaban J connectivity index is 2.00. The molecule has 6 nitrogen and oxygen atoms in total. The molecular formula is C21H18ClFN4O2S. The van der Waals surface area contributed by atoms with Gasteiger partial charge in [-0.05, 0) is 29.2 Å². The Kier molecular flexibility index (Phi) is 7.26. The largest absolute Gasteiger partial charge is 0.350 e. The molecule has 0 bridgehead atoms. The summed E-state index contributed by atoms with van der Waals surface area (Å²) < 4.78 is 18.5. The van der Waals surface area contributed by atoms with Gasteiger partial charge in [-0.25, -0.2) is 4.39 Å². The van der Waals surface area contributed by atoms with Crippen molar-refractivity contribution in [2.45, 2.75) is 12.6 Å². The number of amides is 2. The molecule has 0 aliphatic carbocycles. The SMILES string of the molecule is C=CCN(C(=O)c1csnn1)[C@H](C(=O)NCc1ccccc1)c1c(F)cccc1Cl. The van der Waals surface area contributed by atoms with E-state index in [1.165, 1.54) is 34.6 Å². The van der Waals surface area contributed by atoms with E-state index in [0.717, 1.165) is 17.1 Å². The molecular weight excluding hydrogens is 427 g/mol. The highest BCUT2D eigenvalue weighted by Crippen LogP contribution is 2.31. The van der Waals surface area contributed by atoms with Crippen molar-refractivity contribution < 1.29 is 14.0 Å². The van der Waals surface area contributed by atoms with Crippen molar-refractivity contribution in [2.24, 2.45) is 0 Å². The lowest BCUT2D eigenvalue weighted by atomic mass is 10.0. The number of halogens is 2. The van der Waals surface area contributed by atoms with Gasteiger partial charge in [-0.2, -0.15) is 0 Å². The van der Waals surface area contributed by atoms with Crippen LogP contribution in [0.5, 0.6) is 0 Å². The molecule has 0 aliphatic rings. The molecule has 3 rings (SSSR count). The number of nitrogens with zero attached hydrogens (tertiary/aromatic N) is 3. The van der Waals surface area contributed by atoms with Crippen molar-refractivity contribution in [2.75, 3.05) is 6.54 Å². The summed E-state index contributed by atoms with van der Waals surface area (Å²) >= 11 is 7.25. The Morgan fingerprint density at radius 3 is 2.63 bits per heavy atom. The predicted molar refractivity (Wildman–Crippen MR) is 114 cm³/mol. The van der Waals surface area contributed by atoms with Crippen LogP contribution in [0.1, 0.15) is 27.7 Å². The molecule has 154 valence electrons. The highest BCUT2D eigenvalue weighted by Gasteiger charge is 2.35. The zero-order chi connectivity index (χ0) is 21.5. The average Bonchev–Trinajstić information content (AvgIpc) is 3.29. The van der Waals surface area contributed by atoms with Crippen molar-refractivity contribution >= 4 is 34.9 Å². The van der Waals surface area contributed by atoms with Crippen LogP contribution < -0.4 is 5.32 Å². The van der Waals surface area contributed by atoms with Crippen LogP contribution in [0.4, 0.5) is 4.39 Å². The lowest BCUT2D eigenvalue weighted by Gasteiger charge is -2.30. The maximum atomic E-state index is 14.8. The highest BCUT2D eigenvalue weighted by atomic mass is 35.5. The van der Waals surface area contributed by atoms with Crippen molar-refractivity contribution in [3.8, 4) is 0 Å². The fourth-order valence-corrected chi connectivity index (χ4v) is 3.63. The molecule has 2 amide bonds. The first-order chi connectivity index (χ1) is 14.5. The van der Waals surface area contributed by atoms with Crippen molar-refractivity contribution in [3.63, 3.8) is 0 Å². The van der Waals surface area contributed by atoms with Gasteiger partial charge in [0.25, 0.3) is 5.91 Å². The minimum atomic E-state index is -1.32. The standard InChI is InChI=1S/C21H18ClFN4O2S/c1-2-11-27(21(29)17-13-30-26-25-17)19(18-15(22)9-6-10-16(18)23)20(28)24-12-14-7-4-3-5-8-14/h2-10,13,19H,1,11-12H2,(H,24,28)/t19-/m0/s1. The lowest BCUT2D eigenvalue weighted by Crippen LogP contribution is -2.44. The van der Waals surface area contributed by atoms with Gasteiger partial charge in [0.2, 0.25) is 5.91 Å². The molecule has 0 saturated carbocycles. The minimum absolute atomic E-state index is 0.0234. The number of benzene rings is 2. The van der Waals surface area contributed by atoms with Crippen LogP contribution >= 0.6 is 23.1 Å². The third-order valence-electron chi connectivity index (χ3n) is 4.31. The summed E-state index contributed by atoms with van der Waals surface area (Å²) in [5, 5.41) is 8.04. The number of carbonyl (C=O) groups is 2. The Morgan fingerprint density at radius 2 is 2.00 bits per heavy atom. The van der Waals surface area contributed by atoms with Gasteiger partial charge in [0.15, 0.2) is 5.69 Å². The number of hydrogen-bond acceptors (Lipinski definition) is 5.